The Kier molecular flexibility index (Phi) is 6.69. The van der Waals surface area contributed by atoms with E-state index in [1.54, 1.807) is 30.3 Å². The van der Waals surface area contributed by atoms with Crippen LogP contribution in [0, 0.1) is 0 Å². The van der Waals surface area contributed by atoms with Gasteiger partial charge in [0.2, 0.25) is 0 Å². The van der Waals surface area contributed by atoms with Crippen molar-refractivity contribution in [2.24, 2.45) is 7.05 Å². The molecule has 0 spiro atoms. The predicted octanol–water partition coefficient (Wildman–Crippen LogP) is 5.19. The number of anilines is 2. The van der Waals surface area contributed by atoms with E-state index in [1.165, 1.54) is 32.3 Å². The van der Waals surface area contributed by atoms with Gasteiger partial charge in [-0.05, 0) is 24.3 Å². The van der Waals surface area contributed by atoms with E-state index in [-0.39, 0.29) is 5.82 Å². The highest BCUT2D eigenvalue weighted by atomic mass is 32.2. The number of nitrogens with zero attached hydrogens (tertiary/aromatic N) is 4. The zero-order chi connectivity index (χ0) is 25.2. The van der Waals surface area contributed by atoms with E-state index in [0.29, 0.717) is 32.4 Å². The van der Waals surface area contributed by atoms with Gasteiger partial charge in [0.1, 0.15) is 17.0 Å². The van der Waals surface area contributed by atoms with E-state index in [2.05, 4.69) is 25.7 Å². The van der Waals surface area contributed by atoms with Crippen LogP contribution in [0.15, 0.2) is 58.7 Å². The summed E-state index contributed by atoms with van der Waals surface area (Å²) < 4.78 is 50.2. The molecule has 182 valence electrons. The summed E-state index contributed by atoms with van der Waals surface area (Å²) in [5.74, 6) is 0.855. The fourth-order valence-corrected chi connectivity index (χ4v) is 4.19. The summed E-state index contributed by atoms with van der Waals surface area (Å²) in [6, 6.07) is 10.5. The predicted molar refractivity (Wildman–Crippen MR) is 124 cm³/mol. The van der Waals surface area contributed by atoms with E-state index in [4.69, 9.17) is 9.47 Å². The molecule has 0 aliphatic heterocycles. The van der Waals surface area contributed by atoms with Crippen molar-refractivity contribution in [3.63, 3.8) is 0 Å². The van der Waals surface area contributed by atoms with E-state index in [0.717, 1.165) is 23.4 Å². The Morgan fingerprint density at radius 2 is 1.77 bits per heavy atom. The lowest BCUT2D eigenvalue weighted by molar-refractivity contribution is -0.143. The molecule has 0 saturated heterocycles. The number of aromatic nitrogens is 4. The van der Waals surface area contributed by atoms with Gasteiger partial charge in [0, 0.05) is 35.1 Å². The lowest BCUT2D eigenvalue weighted by atomic mass is 10.2. The highest BCUT2D eigenvalue weighted by molar-refractivity contribution is 7.99. The van der Waals surface area contributed by atoms with Crippen LogP contribution in [0.3, 0.4) is 0 Å². The molecule has 4 rings (SSSR count). The Morgan fingerprint density at radius 3 is 2.46 bits per heavy atom. The number of amides is 2. The topological polar surface area (TPSA) is 103 Å². The largest absolute Gasteiger partial charge is 0.493 e. The second kappa shape index (κ2) is 9.70. The number of carbonyl (C=O) groups excluding carboxylic acids is 1. The van der Waals surface area contributed by atoms with Crippen molar-refractivity contribution < 1.29 is 27.4 Å². The van der Waals surface area contributed by atoms with E-state index < -0.39 is 17.9 Å². The van der Waals surface area contributed by atoms with Gasteiger partial charge in [-0.15, -0.1) is 0 Å². The van der Waals surface area contributed by atoms with Gasteiger partial charge in [0.15, 0.2) is 17.3 Å². The number of halogens is 3. The number of methoxy groups -OCH3 is 2. The molecule has 0 bridgehead atoms. The number of rotatable bonds is 6. The zero-order valence-corrected chi connectivity index (χ0v) is 19.5. The molecule has 13 heteroatoms. The van der Waals surface area contributed by atoms with Gasteiger partial charge in [-0.2, -0.15) is 18.3 Å². The maximum absolute atomic E-state index is 12.9. The minimum atomic E-state index is -4.58. The van der Waals surface area contributed by atoms with Gasteiger partial charge >= 0.3 is 12.2 Å². The standard InChI is InChI=1S/C22H19F3N6O3S/c1-31-18(22(23,24)25)10-19(30-31)29-21(32)28-12-5-4-6-13(7-12)35-20-14-8-16(33-2)17(34-3)9-15(14)26-11-27-20/h4-11H,1-3H3,(H2,28,29,30,32). The average Bonchev–Trinajstić information content (AvgIpc) is 3.18. The zero-order valence-electron chi connectivity index (χ0n) is 18.7. The highest BCUT2D eigenvalue weighted by Gasteiger charge is 2.35. The number of hydrogen-bond donors (Lipinski definition) is 2. The smallest absolute Gasteiger partial charge is 0.433 e. The Morgan fingerprint density at radius 1 is 1.03 bits per heavy atom. The minimum Gasteiger partial charge on any atom is -0.493 e. The van der Waals surface area contributed by atoms with Crippen molar-refractivity contribution in [2.45, 2.75) is 16.1 Å². The van der Waals surface area contributed by atoms with Crippen LogP contribution in [-0.2, 0) is 13.2 Å². The second-order valence-corrected chi connectivity index (χ2v) is 8.21. The summed E-state index contributed by atoms with van der Waals surface area (Å²) >= 11 is 1.34. The highest BCUT2D eigenvalue weighted by Crippen LogP contribution is 2.37. The number of fused-ring (bicyclic) bond motifs is 1. The van der Waals surface area contributed by atoms with Crippen LogP contribution in [0.5, 0.6) is 11.5 Å². The number of benzene rings is 2. The number of urea groups is 1. The summed E-state index contributed by atoms with van der Waals surface area (Å²) in [5, 5.41) is 9.98. The first-order valence-corrected chi connectivity index (χ1v) is 10.8. The second-order valence-electron chi connectivity index (χ2n) is 7.15. The van der Waals surface area contributed by atoms with E-state index in [1.807, 2.05) is 6.07 Å². The number of aryl methyl sites for hydroxylation is 1. The Labute approximate surface area is 201 Å². The average molecular weight is 504 g/mol. The van der Waals surface area contributed by atoms with Crippen LogP contribution in [0.4, 0.5) is 29.5 Å². The van der Waals surface area contributed by atoms with Crippen LogP contribution < -0.4 is 20.1 Å². The lowest BCUT2D eigenvalue weighted by Gasteiger charge is -2.11. The Bertz CT molecular complexity index is 1390. The molecule has 0 saturated carbocycles. The fourth-order valence-electron chi connectivity index (χ4n) is 3.26. The number of hydrogen-bond acceptors (Lipinski definition) is 7. The molecule has 35 heavy (non-hydrogen) atoms. The van der Waals surface area contributed by atoms with Crippen molar-refractivity contribution in [3.8, 4) is 11.5 Å². The Hall–Kier alpha value is -4.00. The van der Waals surface area contributed by atoms with E-state index >= 15 is 0 Å². The molecule has 2 aromatic carbocycles. The molecule has 0 atom stereocenters. The van der Waals surface area contributed by atoms with Crippen LogP contribution in [0.1, 0.15) is 5.69 Å². The molecule has 4 aromatic rings. The normalized spacial score (nSPS) is 11.4. The van der Waals surface area contributed by atoms with Gasteiger partial charge in [0.05, 0.1) is 19.7 Å². The fraction of sp³-hybridized carbons (Fsp3) is 0.182. The first kappa shape index (κ1) is 24.1. The summed E-state index contributed by atoms with van der Waals surface area (Å²) in [4.78, 5) is 21.7. The molecule has 9 nitrogen and oxygen atoms in total. The SMILES string of the molecule is COc1cc2ncnc(Sc3cccc(NC(=O)Nc4cc(C(F)(F)F)n(C)n4)c3)c2cc1OC. The van der Waals surface area contributed by atoms with Crippen molar-refractivity contribution in [2.75, 3.05) is 24.9 Å². The molecule has 2 heterocycles. The maximum Gasteiger partial charge on any atom is 0.433 e. The third-order valence-corrected chi connectivity index (χ3v) is 5.83. The maximum atomic E-state index is 12.9. The molecule has 2 amide bonds. The van der Waals surface area contributed by atoms with Gasteiger partial charge in [-0.25, -0.2) is 14.8 Å². The van der Waals surface area contributed by atoms with Crippen LogP contribution in [0.2, 0.25) is 0 Å². The molecule has 0 fully saturated rings. The van der Waals surface area contributed by atoms with Crippen LogP contribution >= 0.6 is 11.8 Å². The molecule has 2 N–H and O–H groups in total. The quantitative estimate of drug-likeness (QED) is 0.348. The molecular formula is C22H19F3N6O3S. The summed E-state index contributed by atoms with van der Waals surface area (Å²) in [6.07, 6.45) is -3.14. The van der Waals surface area contributed by atoms with Crippen LogP contribution in [0.25, 0.3) is 10.9 Å². The molecular weight excluding hydrogens is 485 g/mol. The van der Waals surface area contributed by atoms with Crippen molar-refractivity contribution in [1.82, 2.24) is 19.7 Å². The number of nitrogens with one attached hydrogen (secondary N) is 2. The summed E-state index contributed by atoms with van der Waals surface area (Å²) in [7, 11) is 4.22. The molecule has 2 aromatic heterocycles. The monoisotopic (exact) mass is 504 g/mol. The minimum absolute atomic E-state index is 0.223. The first-order chi connectivity index (χ1) is 16.7. The summed E-state index contributed by atoms with van der Waals surface area (Å²) in [6.45, 7) is 0. The van der Waals surface area contributed by atoms with Gasteiger partial charge < -0.3 is 14.8 Å². The van der Waals surface area contributed by atoms with Gasteiger partial charge in [-0.3, -0.25) is 10.00 Å². The number of ether oxygens (including phenoxy) is 2. The third kappa shape index (κ3) is 5.40. The lowest BCUT2D eigenvalue weighted by Crippen LogP contribution is -2.19. The van der Waals surface area contributed by atoms with Crippen molar-refractivity contribution >= 4 is 40.2 Å². The van der Waals surface area contributed by atoms with Gasteiger partial charge in [-0.1, -0.05) is 17.8 Å². The van der Waals surface area contributed by atoms with Crippen LogP contribution in [-0.4, -0.2) is 40.0 Å². The van der Waals surface area contributed by atoms with E-state index in [9.17, 15) is 18.0 Å². The molecule has 0 aliphatic rings. The number of carbonyl (C=O) groups is 1. The number of alkyl halides is 3. The summed E-state index contributed by atoms with van der Waals surface area (Å²) in [5.41, 5.74) is 0.122. The molecule has 0 unspecified atom stereocenters. The van der Waals surface area contributed by atoms with Crippen molar-refractivity contribution in [3.05, 3.63) is 54.5 Å². The van der Waals surface area contributed by atoms with Gasteiger partial charge in [0.25, 0.3) is 0 Å². The Balaban J connectivity index is 1.51. The van der Waals surface area contributed by atoms with Crippen molar-refractivity contribution in [1.29, 1.82) is 0 Å². The third-order valence-electron chi connectivity index (χ3n) is 4.82. The first-order valence-electron chi connectivity index (χ1n) is 10.0. The molecule has 0 aliphatic carbocycles. The molecule has 0 radical (unpaired) electrons.